The lowest BCUT2D eigenvalue weighted by atomic mass is 10.0. The van der Waals surface area contributed by atoms with Gasteiger partial charge in [0.25, 0.3) is 5.91 Å². The molecule has 1 saturated heterocycles. The second-order valence-corrected chi connectivity index (χ2v) is 7.26. The molecule has 4 rings (SSSR count). The molecule has 1 fully saturated rings. The fraction of sp³-hybridized carbons (Fsp3) is 0.261. The van der Waals surface area contributed by atoms with Crippen molar-refractivity contribution in [2.24, 2.45) is 0 Å². The molecule has 2 amide bonds. The zero-order chi connectivity index (χ0) is 20.2. The Morgan fingerprint density at radius 3 is 2.41 bits per heavy atom. The number of aromatic nitrogens is 2. The van der Waals surface area contributed by atoms with E-state index in [0.29, 0.717) is 11.3 Å². The summed E-state index contributed by atoms with van der Waals surface area (Å²) in [5.41, 5.74) is 3.87. The third-order valence-corrected chi connectivity index (χ3v) is 5.24. The van der Waals surface area contributed by atoms with Gasteiger partial charge in [0.1, 0.15) is 5.69 Å². The van der Waals surface area contributed by atoms with Gasteiger partial charge in [-0.3, -0.25) is 9.59 Å². The molecule has 0 unspecified atom stereocenters. The molecule has 29 heavy (non-hydrogen) atoms. The van der Waals surface area contributed by atoms with Gasteiger partial charge in [-0.05, 0) is 37.5 Å². The number of para-hydroxylation sites is 1. The average Bonchev–Trinajstić information content (AvgIpc) is 3.43. The molecule has 1 aliphatic heterocycles. The second kappa shape index (κ2) is 8.31. The van der Waals surface area contributed by atoms with Crippen molar-refractivity contribution < 1.29 is 9.59 Å². The number of nitrogens with zero attached hydrogens (tertiary/aromatic N) is 3. The van der Waals surface area contributed by atoms with Crippen LogP contribution < -0.4 is 5.32 Å². The van der Waals surface area contributed by atoms with Crippen LogP contribution in [0.3, 0.4) is 0 Å². The van der Waals surface area contributed by atoms with Crippen molar-refractivity contribution in [2.75, 3.05) is 19.6 Å². The minimum atomic E-state index is -0.294. The van der Waals surface area contributed by atoms with Crippen LogP contribution in [0.2, 0.25) is 0 Å². The van der Waals surface area contributed by atoms with Crippen LogP contribution in [0.1, 0.15) is 28.8 Å². The van der Waals surface area contributed by atoms with Gasteiger partial charge in [-0.1, -0.05) is 42.5 Å². The zero-order valence-corrected chi connectivity index (χ0v) is 16.5. The van der Waals surface area contributed by atoms with Gasteiger partial charge in [0, 0.05) is 24.8 Å². The maximum absolute atomic E-state index is 13.0. The highest BCUT2D eigenvalue weighted by molar-refractivity contribution is 6.01. The minimum Gasteiger partial charge on any atom is -0.343 e. The van der Waals surface area contributed by atoms with E-state index < -0.39 is 0 Å². The van der Waals surface area contributed by atoms with E-state index in [4.69, 9.17) is 5.10 Å². The van der Waals surface area contributed by atoms with E-state index in [9.17, 15) is 9.59 Å². The Morgan fingerprint density at radius 2 is 1.69 bits per heavy atom. The number of likely N-dealkylation sites (tertiary alicyclic amines) is 1. The Labute approximate surface area is 170 Å². The third kappa shape index (κ3) is 4.06. The number of carbonyl (C=O) groups is 2. The first kappa shape index (κ1) is 18.9. The van der Waals surface area contributed by atoms with Crippen molar-refractivity contribution in [3.63, 3.8) is 0 Å². The topological polar surface area (TPSA) is 67.2 Å². The third-order valence-electron chi connectivity index (χ3n) is 5.24. The summed E-state index contributed by atoms with van der Waals surface area (Å²) in [6.07, 6.45) is 3.79. The number of benzene rings is 2. The molecule has 0 spiro atoms. The average molecular weight is 388 g/mol. The van der Waals surface area contributed by atoms with Crippen LogP contribution in [0, 0.1) is 6.92 Å². The molecular weight excluding hydrogens is 364 g/mol. The number of nitrogens with one attached hydrogen (secondary N) is 1. The summed E-state index contributed by atoms with van der Waals surface area (Å²) in [5, 5.41) is 7.48. The molecule has 1 N–H and O–H groups in total. The van der Waals surface area contributed by atoms with Crippen LogP contribution in [0.5, 0.6) is 0 Å². The zero-order valence-electron chi connectivity index (χ0n) is 16.5. The van der Waals surface area contributed by atoms with Crippen LogP contribution in [0.15, 0.2) is 60.8 Å². The fourth-order valence-corrected chi connectivity index (χ4v) is 3.62. The highest BCUT2D eigenvalue weighted by atomic mass is 16.2. The van der Waals surface area contributed by atoms with Gasteiger partial charge in [-0.25, -0.2) is 4.68 Å². The summed E-state index contributed by atoms with van der Waals surface area (Å²) < 4.78 is 1.71. The van der Waals surface area contributed by atoms with E-state index in [2.05, 4.69) is 5.32 Å². The Hall–Kier alpha value is -3.41. The fourth-order valence-electron chi connectivity index (χ4n) is 3.62. The van der Waals surface area contributed by atoms with Gasteiger partial charge in [0.15, 0.2) is 0 Å². The maximum atomic E-state index is 13.0. The van der Waals surface area contributed by atoms with E-state index in [1.807, 2.05) is 61.5 Å². The first-order valence-corrected chi connectivity index (χ1v) is 9.90. The van der Waals surface area contributed by atoms with E-state index in [0.717, 1.165) is 42.7 Å². The maximum Gasteiger partial charge on any atom is 0.255 e. The first-order chi connectivity index (χ1) is 14.1. The van der Waals surface area contributed by atoms with E-state index >= 15 is 0 Å². The van der Waals surface area contributed by atoms with E-state index in [1.54, 1.807) is 15.8 Å². The summed E-state index contributed by atoms with van der Waals surface area (Å²) >= 11 is 0. The number of carbonyl (C=O) groups excluding carboxylic acids is 2. The molecule has 148 valence electrons. The number of hydrogen-bond acceptors (Lipinski definition) is 3. The standard InChI is InChI=1S/C23H24N4O2/c1-17-9-5-6-12-19(17)22-20(16-27(25-22)18-10-3-2-4-11-18)23(29)24-15-21(28)26-13-7-8-14-26/h2-6,9-12,16H,7-8,13-15H2,1H3,(H,24,29). The summed E-state index contributed by atoms with van der Waals surface area (Å²) in [7, 11) is 0. The van der Waals surface area contributed by atoms with Crippen molar-refractivity contribution in [2.45, 2.75) is 19.8 Å². The normalized spacial score (nSPS) is 13.5. The molecule has 6 nitrogen and oxygen atoms in total. The van der Waals surface area contributed by atoms with Crippen LogP contribution in [0.25, 0.3) is 16.9 Å². The summed E-state index contributed by atoms with van der Waals surface area (Å²) in [5.74, 6) is -0.332. The van der Waals surface area contributed by atoms with Gasteiger partial charge in [-0.15, -0.1) is 0 Å². The van der Waals surface area contributed by atoms with Crippen LogP contribution in [0.4, 0.5) is 0 Å². The molecule has 0 bridgehead atoms. The number of rotatable bonds is 5. The molecule has 2 heterocycles. The van der Waals surface area contributed by atoms with Crippen LogP contribution in [-0.2, 0) is 4.79 Å². The van der Waals surface area contributed by atoms with Crippen molar-refractivity contribution in [3.8, 4) is 16.9 Å². The lowest BCUT2D eigenvalue weighted by molar-refractivity contribution is -0.129. The molecule has 6 heteroatoms. The summed E-state index contributed by atoms with van der Waals surface area (Å²) in [6.45, 7) is 3.54. The first-order valence-electron chi connectivity index (χ1n) is 9.90. The highest BCUT2D eigenvalue weighted by Crippen LogP contribution is 2.26. The highest BCUT2D eigenvalue weighted by Gasteiger charge is 2.22. The molecule has 0 atom stereocenters. The molecule has 0 saturated carbocycles. The second-order valence-electron chi connectivity index (χ2n) is 7.26. The molecule has 1 aromatic heterocycles. The monoisotopic (exact) mass is 388 g/mol. The molecule has 0 radical (unpaired) electrons. The molecule has 2 aromatic carbocycles. The smallest absolute Gasteiger partial charge is 0.255 e. The van der Waals surface area contributed by atoms with E-state index in [1.165, 1.54) is 0 Å². The van der Waals surface area contributed by atoms with Crippen molar-refractivity contribution in [1.82, 2.24) is 20.0 Å². The SMILES string of the molecule is Cc1ccccc1-c1nn(-c2ccccc2)cc1C(=O)NCC(=O)N1CCCC1. The number of amides is 2. The van der Waals surface area contributed by atoms with Crippen LogP contribution in [-0.4, -0.2) is 46.1 Å². The predicted octanol–water partition coefficient (Wildman–Crippen LogP) is 3.20. The lowest BCUT2D eigenvalue weighted by Crippen LogP contribution is -2.38. The predicted molar refractivity (Wildman–Crippen MR) is 112 cm³/mol. The number of aryl methyl sites for hydroxylation is 1. The van der Waals surface area contributed by atoms with Gasteiger partial charge >= 0.3 is 0 Å². The molecule has 1 aliphatic rings. The van der Waals surface area contributed by atoms with Gasteiger partial charge in [0.2, 0.25) is 5.91 Å². The Morgan fingerprint density at radius 1 is 1.00 bits per heavy atom. The van der Waals surface area contributed by atoms with Gasteiger partial charge in [-0.2, -0.15) is 5.10 Å². The minimum absolute atomic E-state index is 0.00254. The van der Waals surface area contributed by atoms with Gasteiger partial charge in [0.05, 0.1) is 17.8 Å². The molecule has 0 aliphatic carbocycles. The van der Waals surface area contributed by atoms with Crippen molar-refractivity contribution in [3.05, 3.63) is 71.9 Å². The molecular formula is C23H24N4O2. The van der Waals surface area contributed by atoms with Crippen LogP contribution >= 0.6 is 0 Å². The lowest BCUT2D eigenvalue weighted by Gasteiger charge is -2.15. The number of hydrogen-bond donors (Lipinski definition) is 1. The largest absolute Gasteiger partial charge is 0.343 e. The summed E-state index contributed by atoms with van der Waals surface area (Å²) in [6, 6.07) is 17.5. The van der Waals surface area contributed by atoms with Crippen molar-refractivity contribution in [1.29, 1.82) is 0 Å². The Balaban J connectivity index is 1.63. The molecule has 3 aromatic rings. The Kier molecular flexibility index (Phi) is 5.42. The quantitative estimate of drug-likeness (QED) is 0.730. The van der Waals surface area contributed by atoms with E-state index in [-0.39, 0.29) is 18.4 Å². The van der Waals surface area contributed by atoms with Gasteiger partial charge < -0.3 is 10.2 Å². The Bertz CT molecular complexity index is 1020. The summed E-state index contributed by atoms with van der Waals surface area (Å²) in [4.78, 5) is 27.1. The van der Waals surface area contributed by atoms with Crippen molar-refractivity contribution >= 4 is 11.8 Å².